The Morgan fingerprint density at radius 2 is 2.24 bits per heavy atom. The molecule has 0 spiro atoms. The van der Waals surface area contributed by atoms with Crippen LogP contribution >= 0.6 is 0 Å². The molecule has 0 aliphatic rings. The number of benzene rings is 1. The molecule has 1 aromatic rings. The van der Waals surface area contributed by atoms with Gasteiger partial charge in [0.25, 0.3) is 5.69 Å². The molecular formula is C11H12FNO4. The van der Waals surface area contributed by atoms with E-state index in [2.05, 4.69) is 0 Å². The van der Waals surface area contributed by atoms with E-state index in [-0.39, 0.29) is 12.2 Å². The first-order chi connectivity index (χ1) is 7.97. The lowest BCUT2D eigenvalue weighted by Crippen LogP contribution is -2.14. The molecule has 1 rings (SSSR count). The zero-order valence-corrected chi connectivity index (χ0v) is 9.47. The fourth-order valence-corrected chi connectivity index (χ4v) is 1.44. The zero-order chi connectivity index (χ0) is 13.0. The van der Waals surface area contributed by atoms with Crippen LogP contribution in [0.15, 0.2) is 18.2 Å². The van der Waals surface area contributed by atoms with Gasteiger partial charge in [-0.05, 0) is 26.0 Å². The highest BCUT2D eigenvalue weighted by Gasteiger charge is 2.25. The number of ether oxygens (including phenoxy) is 1. The third-order valence-corrected chi connectivity index (χ3v) is 2.30. The predicted octanol–water partition coefficient (Wildman–Crippen LogP) is 2.40. The molecule has 1 aromatic carbocycles. The van der Waals surface area contributed by atoms with Crippen LogP contribution in [0.3, 0.4) is 0 Å². The fraction of sp³-hybridized carbons (Fsp3) is 0.364. The highest BCUT2D eigenvalue weighted by Crippen LogP contribution is 2.28. The Balaban J connectivity index is 3.12. The van der Waals surface area contributed by atoms with Gasteiger partial charge in [-0.2, -0.15) is 0 Å². The maximum absolute atomic E-state index is 12.9. The van der Waals surface area contributed by atoms with Gasteiger partial charge >= 0.3 is 5.97 Å². The molecule has 0 saturated carbocycles. The van der Waals surface area contributed by atoms with Crippen molar-refractivity contribution in [3.8, 4) is 0 Å². The second-order valence-electron chi connectivity index (χ2n) is 3.43. The van der Waals surface area contributed by atoms with E-state index in [4.69, 9.17) is 4.74 Å². The van der Waals surface area contributed by atoms with E-state index >= 15 is 0 Å². The highest BCUT2D eigenvalue weighted by atomic mass is 19.1. The van der Waals surface area contributed by atoms with Gasteiger partial charge in [-0.15, -0.1) is 0 Å². The summed E-state index contributed by atoms with van der Waals surface area (Å²) in [5.74, 6) is -2.07. The quantitative estimate of drug-likeness (QED) is 0.461. The lowest BCUT2D eigenvalue weighted by atomic mass is 9.99. The van der Waals surface area contributed by atoms with E-state index in [1.54, 1.807) is 6.92 Å². The monoisotopic (exact) mass is 241 g/mol. The van der Waals surface area contributed by atoms with E-state index < -0.39 is 28.3 Å². The molecule has 0 bridgehead atoms. The summed E-state index contributed by atoms with van der Waals surface area (Å²) >= 11 is 0. The van der Waals surface area contributed by atoms with Crippen molar-refractivity contribution in [2.75, 3.05) is 6.61 Å². The van der Waals surface area contributed by atoms with E-state index in [1.807, 2.05) is 0 Å². The van der Waals surface area contributed by atoms with Crippen molar-refractivity contribution < 1.29 is 18.8 Å². The first kappa shape index (κ1) is 13.1. The van der Waals surface area contributed by atoms with Crippen molar-refractivity contribution in [3.05, 3.63) is 39.7 Å². The Kier molecular flexibility index (Phi) is 4.14. The minimum absolute atomic E-state index is 0.148. The molecule has 5 nitrogen and oxygen atoms in total. The fourth-order valence-electron chi connectivity index (χ4n) is 1.44. The minimum atomic E-state index is -0.795. The average molecular weight is 241 g/mol. The second kappa shape index (κ2) is 5.38. The molecular weight excluding hydrogens is 229 g/mol. The summed E-state index contributed by atoms with van der Waals surface area (Å²) in [5, 5.41) is 10.7. The SMILES string of the molecule is CCOC(=O)[C@H](C)c1ccc(F)cc1[N+](=O)[O-]. The number of nitro groups is 1. The minimum Gasteiger partial charge on any atom is -0.466 e. The van der Waals surface area contributed by atoms with Crippen LogP contribution in [-0.2, 0) is 9.53 Å². The lowest BCUT2D eigenvalue weighted by Gasteiger charge is -2.10. The van der Waals surface area contributed by atoms with Crippen molar-refractivity contribution in [2.24, 2.45) is 0 Å². The van der Waals surface area contributed by atoms with Crippen LogP contribution in [0.1, 0.15) is 25.3 Å². The molecule has 0 unspecified atom stereocenters. The topological polar surface area (TPSA) is 69.4 Å². The van der Waals surface area contributed by atoms with E-state index in [0.717, 1.165) is 12.1 Å². The maximum atomic E-state index is 12.9. The number of nitro benzene ring substituents is 1. The van der Waals surface area contributed by atoms with E-state index in [9.17, 15) is 19.3 Å². The molecule has 0 aromatic heterocycles. The van der Waals surface area contributed by atoms with E-state index in [0.29, 0.717) is 0 Å². The Bertz CT molecular complexity index is 447. The Morgan fingerprint density at radius 1 is 1.59 bits per heavy atom. The first-order valence-corrected chi connectivity index (χ1v) is 5.07. The molecule has 1 atom stereocenters. The van der Waals surface area contributed by atoms with Gasteiger partial charge in [-0.25, -0.2) is 4.39 Å². The summed E-state index contributed by atoms with van der Waals surface area (Å²) in [4.78, 5) is 21.5. The number of carbonyl (C=O) groups excluding carboxylic acids is 1. The molecule has 92 valence electrons. The third kappa shape index (κ3) is 2.99. The maximum Gasteiger partial charge on any atom is 0.313 e. The van der Waals surface area contributed by atoms with Gasteiger partial charge in [0.15, 0.2) is 0 Å². The van der Waals surface area contributed by atoms with Gasteiger partial charge in [-0.1, -0.05) is 0 Å². The summed E-state index contributed by atoms with van der Waals surface area (Å²) in [6.45, 7) is 3.32. The predicted molar refractivity (Wildman–Crippen MR) is 58.1 cm³/mol. The molecule has 0 radical (unpaired) electrons. The summed E-state index contributed by atoms with van der Waals surface area (Å²) in [6.07, 6.45) is 0. The largest absolute Gasteiger partial charge is 0.466 e. The summed E-state index contributed by atoms with van der Waals surface area (Å²) < 4.78 is 17.7. The molecule has 0 amide bonds. The zero-order valence-electron chi connectivity index (χ0n) is 9.47. The van der Waals surface area contributed by atoms with Crippen molar-refractivity contribution >= 4 is 11.7 Å². The van der Waals surface area contributed by atoms with Crippen LogP contribution in [0.25, 0.3) is 0 Å². The first-order valence-electron chi connectivity index (χ1n) is 5.07. The van der Waals surface area contributed by atoms with Gasteiger partial charge in [0.05, 0.1) is 23.5 Å². The lowest BCUT2D eigenvalue weighted by molar-refractivity contribution is -0.385. The van der Waals surface area contributed by atoms with Crippen molar-refractivity contribution in [2.45, 2.75) is 19.8 Å². The van der Waals surface area contributed by atoms with Crippen LogP contribution in [0.5, 0.6) is 0 Å². The van der Waals surface area contributed by atoms with Crippen molar-refractivity contribution in [1.29, 1.82) is 0 Å². The number of rotatable bonds is 4. The molecule has 6 heteroatoms. The van der Waals surface area contributed by atoms with Crippen LogP contribution in [-0.4, -0.2) is 17.5 Å². The van der Waals surface area contributed by atoms with Gasteiger partial charge in [0.2, 0.25) is 0 Å². The number of halogens is 1. The van der Waals surface area contributed by atoms with Gasteiger partial charge in [-0.3, -0.25) is 14.9 Å². The molecule has 0 N–H and O–H groups in total. The van der Waals surface area contributed by atoms with Crippen LogP contribution < -0.4 is 0 Å². The summed E-state index contributed by atoms with van der Waals surface area (Å²) in [5.41, 5.74) is -0.264. The number of hydrogen-bond donors (Lipinski definition) is 0. The smallest absolute Gasteiger partial charge is 0.313 e. The Labute approximate surface area is 97.3 Å². The van der Waals surface area contributed by atoms with Gasteiger partial charge in [0.1, 0.15) is 5.82 Å². The summed E-state index contributed by atoms with van der Waals surface area (Å²) in [7, 11) is 0. The van der Waals surface area contributed by atoms with Crippen molar-refractivity contribution in [1.82, 2.24) is 0 Å². The highest BCUT2D eigenvalue weighted by molar-refractivity contribution is 5.79. The molecule has 0 heterocycles. The summed E-state index contributed by atoms with van der Waals surface area (Å²) in [6, 6.07) is 3.11. The number of esters is 1. The van der Waals surface area contributed by atoms with Crippen LogP contribution in [0.2, 0.25) is 0 Å². The molecule has 0 aliphatic heterocycles. The molecule has 17 heavy (non-hydrogen) atoms. The third-order valence-electron chi connectivity index (χ3n) is 2.30. The molecule has 0 aliphatic carbocycles. The Hall–Kier alpha value is -1.98. The average Bonchev–Trinajstić information content (AvgIpc) is 2.28. The standard InChI is InChI=1S/C11H12FNO4/c1-3-17-11(14)7(2)9-5-4-8(12)6-10(9)13(15)16/h4-7H,3H2,1-2H3/t7-/m1/s1. The van der Waals surface area contributed by atoms with Crippen LogP contribution in [0, 0.1) is 15.9 Å². The number of hydrogen-bond acceptors (Lipinski definition) is 4. The van der Waals surface area contributed by atoms with Gasteiger partial charge < -0.3 is 4.74 Å². The van der Waals surface area contributed by atoms with Gasteiger partial charge in [0, 0.05) is 5.56 Å². The normalized spacial score (nSPS) is 11.9. The number of carbonyl (C=O) groups is 1. The number of nitrogens with zero attached hydrogens (tertiary/aromatic N) is 1. The Morgan fingerprint density at radius 3 is 2.76 bits per heavy atom. The molecule has 0 fully saturated rings. The van der Waals surface area contributed by atoms with Crippen LogP contribution in [0.4, 0.5) is 10.1 Å². The van der Waals surface area contributed by atoms with E-state index in [1.165, 1.54) is 13.0 Å². The second-order valence-corrected chi connectivity index (χ2v) is 3.43. The molecule has 0 saturated heterocycles. The van der Waals surface area contributed by atoms with Crippen molar-refractivity contribution in [3.63, 3.8) is 0 Å².